The summed E-state index contributed by atoms with van der Waals surface area (Å²) < 4.78 is 2.78. The van der Waals surface area contributed by atoms with E-state index in [0.717, 1.165) is 26.0 Å². The Morgan fingerprint density at radius 2 is 1.96 bits per heavy atom. The van der Waals surface area contributed by atoms with Gasteiger partial charge in [-0.3, -0.25) is 9.20 Å². The third kappa shape index (κ3) is 3.07. The number of imidazole rings is 1. The number of hydrogen-bond donors (Lipinski definition) is 2. The number of aromatic nitrogens is 2. The zero-order chi connectivity index (χ0) is 16.4. The summed E-state index contributed by atoms with van der Waals surface area (Å²) in [5.41, 5.74) is 9.39. The molecule has 116 valence electrons. The van der Waals surface area contributed by atoms with Gasteiger partial charge < -0.3 is 11.1 Å². The number of hydrogen-bond acceptors (Lipinski definition) is 3. The number of nitrogen functional groups attached to an aromatic ring is 1. The first kappa shape index (κ1) is 15.5. The fraction of sp³-hybridized carbons (Fsp3) is 0.0588. The summed E-state index contributed by atoms with van der Waals surface area (Å²) in [6.45, 7) is 0. The molecule has 0 unspecified atom stereocenters. The van der Waals surface area contributed by atoms with Gasteiger partial charge in [-0.2, -0.15) is 0 Å². The number of anilines is 1. The molecule has 1 amide bonds. The molecule has 3 aromatic rings. The van der Waals surface area contributed by atoms with Gasteiger partial charge in [-0.05, 0) is 51.4 Å². The summed E-state index contributed by atoms with van der Waals surface area (Å²) >= 11 is 2.16. The Kier molecular flexibility index (Phi) is 4.33. The lowest BCUT2D eigenvalue weighted by molar-refractivity contribution is -0.116. The number of carbonyl (C=O) groups is 1. The van der Waals surface area contributed by atoms with Crippen LogP contribution in [0.2, 0.25) is 0 Å². The van der Waals surface area contributed by atoms with Gasteiger partial charge in [0.05, 0.1) is 0 Å². The molecule has 5 nitrogen and oxygen atoms in total. The van der Waals surface area contributed by atoms with Crippen LogP contribution in [0, 0.1) is 3.70 Å². The maximum atomic E-state index is 11.9. The average molecular weight is 418 g/mol. The van der Waals surface area contributed by atoms with Crippen LogP contribution >= 0.6 is 22.6 Å². The Hall–Kier alpha value is -2.35. The molecule has 3 N–H and O–H groups in total. The highest BCUT2D eigenvalue weighted by molar-refractivity contribution is 14.1. The minimum absolute atomic E-state index is 0.149. The van der Waals surface area contributed by atoms with Crippen molar-refractivity contribution >= 4 is 45.5 Å². The van der Waals surface area contributed by atoms with Crippen LogP contribution < -0.4 is 11.1 Å². The molecule has 6 heteroatoms. The van der Waals surface area contributed by atoms with Crippen LogP contribution in [0.5, 0.6) is 0 Å². The van der Waals surface area contributed by atoms with Gasteiger partial charge in [-0.25, -0.2) is 4.98 Å². The second-order valence-corrected chi connectivity index (χ2v) is 5.99. The van der Waals surface area contributed by atoms with Crippen molar-refractivity contribution in [3.63, 3.8) is 0 Å². The van der Waals surface area contributed by atoms with E-state index < -0.39 is 0 Å². The van der Waals surface area contributed by atoms with Crippen molar-refractivity contribution in [2.24, 2.45) is 0 Å². The number of fused-ring (bicyclic) bond motifs is 1. The molecule has 0 bridgehead atoms. The van der Waals surface area contributed by atoms with Crippen LogP contribution in [-0.4, -0.2) is 22.3 Å². The lowest BCUT2D eigenvalue weighted by atomic mass is 9.99. The topological polar surface area (TPSA) is 72.4 Å². The third-order valence-electron chi connectivity index (χ3n) is 3.50. The number of carbonyl (C=O) groups excluding carboxylic acids is 1. The second kappa shape index (κ2) is 6.41. The number of benzene rings is 1. The largest absolute Gasteiger partial charge is 0.381 e. The van der Waals surface area contributed by atoms with E-state index in [1.165, 1.54) is 0 Å². The van der Waals surface area contributed by atoms with E-state index in [4.69, 9.17) is 5.73 Å². The predicted molar refractivity (Wildman–Crippen MR) is 99.9 cm³/mol. The molecule has 0 aliphatic carbocycles. The lowest BCUT2D eigenvalue weighted by Gasteiger charge is -2.09. The number of nitrogens with one attached hydrogen (secondary N) is 1. The van der Waals surface area contributed by atoms with Gasteiger partial charge in [0.25, 0.3) is 0 Å². The molecule has 0 aliphatic heterocycles. The maximum Gasteiger partial charge on any atom is 0.244 e. The summed E-state index contributed by atoms with van der Waals surface area (Å²) in [6.07, 6.45) is 3.55. The van der Waals surface area contributed by atoms with E-state index >= 15 is 0 Å². The average Bonchev–Trinajstić information content (AvgIpc) is 2.87. The van der Waals surface area contributed by atoms with E-state index in [2.05, 4.69) is 32.9 Å². The highest BCUT2D eigenvalue weighted by atomic mass is 127. The second-order valence-electron chi connectivity index (χ2n) is 4.97. The van der Waals surface area contributed by atoms with Gasteiger partial charge in [0.2, 0.25) is 5.91 Å². The molecule has 0 atom stereocenters. The number of rotatable bonds is 3. The van der Waals surface area contributed by atoms with E-state index in [1.54, 1.807) is 13.1 Å². The zero-order valence-electron chi connectivity index (χ0n) is 12.5. The first-order valence-corrected chi connectivity index (χ1v) is 8.10. The zero-order valence-corrected chi connectivity index (χ0v) is 14.6. The lowest BCUT2D eigenvalue weighted by Crippen LogP contribution is -2.15. The molecular weight excluding hydrogens is 403 g/mol. The number of amides is 1. The Labute approximate surface area is 147 Å². The summed E-state index contributed by atoms with van der Waals surface area (Å²) in [5, 5.41) is 2.63. The van der Waals surface area contributed by atoms with Crippen molar-refractivity contribution < 1.29 is 4.79 Å². The molecule has 0 aliphatic rings. The van der Waals surface area contributed by atoms with Gasteiger partial charge in [0.1, 0.15) is 9.35 Å². The molecule has 3 rings (SSSR count). The van der Waals surface area contributed by atoms with Gasteiger partial charge in [0, 0.05) is 19.3 Å². The van der Waals surface area contributed by atoms with Crippen LogP contribution in [0.25, 0.3) is 11.2 Å². The SMILES string of the molecule is CNC(=O)/C=C(\c1ccccc1)c1ccc2nc(N)c(I)n2c1. The molecule has 0 spiro atoms. The fourth-order valence-corrected chi connectivity index (χ4v) is 2.85. The van der Waals surface area contributed by atoms with Crippen molar-refractivity contribution in [1.82, 2.24) is 14.7 Å². The molecule has 23 heavy (non-hydrogen) atoms. The monoisotopic (exact) mass is 418 g/mol. The van der Waals surface area contributed by atoms with Crippen molar-refractivity contribution in [3.05, 3.63) is 69.6 Å². The Morgan fingerprint density at radius 3 is 2.65 bits per heavy atom. The van der Waals surface area contributed by atoms with Gasteiger partial charge in [-0.15, -0.1) is 0 Å². The number of nitrogens with zero attached hydrogens (tertiary/aromatic N) is 2. The molecule has 0 saturated heterocycles. The highest BCUT2D eigenvalue weighted by Crippen LogP contribution is 2.25. The van der Waals surface area contributed by atoms with Crippen LogP contribution in [0.4, 0.5) is 5.82 Å². The Balaban J connectivity index is 2.19. The van der Waals surface area contributed by atoms with Crippen LogP contribution in [-0.2, 0) is 4.79 Å². The number of halogens is 1. The first-order valence-electron chi connectivity index (χ1n) is 7.02. The molecule has 0 saturated carbocycles. The number of pyridine rings is 1. The third-order valence-corrected chi connectivity index (χ3v) is 4.57. The quantitative estimate of drug-likeness (QED) is 0.508. The minimum atomic E-state index is -0.149. The van der Waals surface area contributed by atoms with E-state index in [0.29, 0.717) is 5.82 Å². The first-order chi connectivity index (χ1) is 11.1. The van der Waals surface area contributed by atoms with E-state index in [1.807, 2.05) is 53.1 Å². The molecule has 2 heterocycles. The molecule has 0 radical (unpaired) electrons. The van der Waals surface area contributed by atoms with Gasteiger partial charge >= 0.3 is 0 Å². The van der Waals surface area contributed by atoms with Gasteiger partial charge in [0.15, 0.2) is 5.82 Å². The summed E-state index contributed by atoms with van der Waals surface area (Å²) in [7, 11) is 1.62. The van der Waals surface area contributed by atoms with E-state index in [-0.39, 0.29) is 5.91 Å². The normalized spacial score (nSPS) is 11.7. The van der Waals surface area contributed by atoms with Crippen molar-refractivity contribution in [3.8, 4) is 0 Å². The standard InChI is InChI=1S/C17H15IN4O/c1-20-15(23)9-13(11-5-3-2-4-6-11)12-7-8-14-21-17(19)16(18)22(14)10-12/h2-10H,19H2,1H3,(H,20,23)/b13-9+. The van der Waals surface area contributed by atoms with Crippen molar-refractivity contribution in [2.45, 2.75) is 0 Å². The number of nitrogens with two attached hydrogens (primary N) is 1. The van der Waals surface area contributed by atoms with Crippen LogP contribution in [0.3, 0.4) is 0 Å². The molecular formula is C17H15IN4O. The van der Waals surface area contributed by atoms with Crippen LogP contribution in [0.1, 0.15) is 11.1 Å². The van der Waals surface area contributed by atoms with Crippen molar-refractivity contribution in [2.75, 3.05) is 12.8 Å². The summed E-state index contributed by atoms with van der Waals surface area (Å²) in [4.78, 5) is 16.2. The maximum absolute atomic E-state index is 11.9. The molecule has 2 aromatic heterocycles. The fourth-order valence-electron chi connectivity index (χ4n) is 2.35. The number of likely N-dealkylation sites (N-methyl/N-ethyl adjacent to an activating group) is 1. The van der Waals surface area contributed by atoms with Crippen molar-refractivity contribution in [1.29, 1.82) is 0 Å². The smallest absolute Gasteiger partial charge is 0.244 e. The highest BCUT2D eigenvalue weighted by Gasteiger charge is 2.11. The predicted octanol–water partition coefficient (Wildman–Crippen LogP) is 2.70. The van der Waals surface area contributed by atoms with Gasteiger partial charge in [-0.1, -0.05) is 30.3 Å². The summed E-state index contributed by atoms with van der Waals surface area (Å²) in [6, 6.07) is 13.6. The van der Waals surface area contributed by atoms with Crippen LogP contribution in [0.15, 0.2) is 54.7 Å². The van der Waals surface area contributed by atoms with E-state index in [9.17, 15) is 4.79 Å². The molecule has 1 aromatic carbocycles. The molecule has 0 fully saturated rings. The Bertz CT molecular complexity index is 900. The summed E-state index contributed by atoms with van der Waals surface area (Å²) in [5.74, 6) is 0.350. The Morgan fingerprint density at radius 1 is 1.22 bits per heavy atom. The minimum Gasteiger partial charge on any atom is -0.381 e.